The SMILES string of the molecule is CCc1cc(C2OCCO2)ccc1C1OCCO1. The molecule has 4 heteroatoms. The lowest BCUT2D eigenvalue weighted by Crippen LogP contribution is -2.05. The van der Waals surface area contributed by atoms with Gasteiger partial charge in [0.25, 0.3) is 0 Å². The average Bonchev–Trinajstić information content (AvgIpc) is 3.11. The first-order valence-corrected chi connectivity index (χ1v) is 6.47. The van der Waals surface area contributed by atoms with Crippen LogP contribution in [0.15, 0.2) is 18.2 Å². The van der Waals surface area contributed by atoms with E-state index in [1.807, 2.05) is 6.07 Å². The molecule has 2 saturated heterocycles. The summed E-state index contributed by atoms with van der Waals surface area (Å²) in [4.78, 5) is 0. The Hall–Kier alpha value is -0.940. The number of aryl methyl sites for hydroxylation is 1. The molecule has 0 spiro atoms. The Morgan fingerprint density at radius 1 is 0.944 bits per heavy atom. The molecule has 0 bridgehead atoms. The minimum absolute atomic E-state index is 0.209. The van der Waals surface area contributed by atoms with Gasteiger partial charge in [-0.2, -0.15) is 0 Å². The Morgan fingerprint density at radius 3 is 2.17 bits per heavy atom. The van der Waals surface area contributed by atoms with Gasteiger partial charge in [-0.15, -0.1) is 0 Å². The Morgan fingerprint density at radius 2 is 1.56 bits per heavy atom. The molecule has 0 aliphatic carbocycles. The summed E-state index contributed by atoms with van der Waals surface area (Å²) in [5.41, 5.74) is 3.43. The number of hydrogen-bond donors (Lipinski definition) is 0. The molecule has 4 nitrogen and oxygen atoms in total. The Balaban J connectivity index is 1.86. The molecule has 0 saturated carbocycles. The summed E-state index contributed by atoms with van der Waals surface area (Å²) in [5, 5.41) is 0. The lowest BCUT2D eigenvalue weighted by Gasteiger charge is -2.17. The highest BCUT2D eigenvalue weighted by Crippen LogP contribution is 2.31. The molecule has 0 unspecified atom stereocenters. The number of benzene rings is 1. The molecule has 2 fully saturated rings. The van der Waals surface area contributed by atoms with Gasteiger partial charge in [-0.25, -0.2) is 0 Å². The van der Waals surface area contributed by atoms with Crippen molar-refractivity contribution in [2.24, 2.45) is 0 Å². The highest BCUT2D eigenvalue weighted by atomic mass is 16.7. The van der Waals surface area contributed by atoms with E-state index in [0.29, 0.717) is 26.4 Å². The van der Waals surface area contributed by atoms with E-state index in [9.17, 15) is 0 Å². The number of hydrogen-bond acceptors (Lipinski definition) is 4. The summed E-state index contributed by atoms with van der Waals surface area (Å²) >= 11 is 0. The van der Waals surface area contributed by atoms with Crippen molar-refractivity contribution in [3.8, 4) is 0 Å². The van der Waals surface area contributed by atoms with Crippen molar-refractivity contribution in [3.63, 3.8) is 0 Å². The van der Waals surface area contributed by atoms with Gasteiger partial charge in [0.2, 0.25) is 0 Å². The zero-order valence-electron chi connectivity index (χ0n) is 10.6. The van der Waals surface area contributed by atoms with Crippen LogP contribution in [-0.2, 0) is 25.4 Å². The van der Waals surface area contributed by atoms with Gasteiger partial charge < -0.3 is 18.9 Å². The molecule has 3 rings (SSSR count). The zero-order chi connectivity index (χ0) is 12.4. The molecule has 1 aromatic carbocycles. The van der Waals surface area contributed by atoms with Gasteiger partial charge in [0, 0.05) is 11.1 Å². The second kappa shape index (κ2) is 5.36. The third kappa shape index (κ3) is 2.29. The van der Waals surface area contributed by atoms with Gasteiger partial charge in [-0.05, 0) is 12.0 Å². The molecular weight excluding hydrogens is 232 g/mol. The summed E-state index contributed by atoms with van der Waals surface area (Å²) in [6, 6.07) is 6.24. The fourth-order valence-corrected chi connectivity index (χ4v) is 2.40. The Labute approximate surface area is 107 Å². The van der Waals surface area contributed by atoms with Crippen LogP contribution in [0.1, 0.15) is 36.2 Å². The topological polar surface area (TPSA) is 36.9 Å². The van der Waals surface area contributed by atoms with Crippen molar-refractivity contribution < 1.29 is 18.9 Å². The number of ether oxygens (including phenoxy) is 4. The van der Waals surface area contributed by atoms with E-state index >= 15 is 0 Å². The maximum Gasteiger partial charge on any atom is 0.184 e. The summed E-state index contributed by atoms with van der Waals surface area (Å²) in [7, 11) is 0. The average molecular weight is 250 g/mol. The van der Waals surface area contributed by atoms with Crippen LogP contribution in [-0.4, -0.2) is 26.4 Å². The Kier molecular flexibility index (Phi) is 3.61. The van der Waals surface area contributed by atoms with Gasteiger partial charge in [0.1, 0.15) is 0 Å². The lowest BCUT2D eigenvalue weighted by atomic mass is 10.0. The van der Waals surface area contributed by atoms with Crippen molar-refractivity contribution in [1.29, 1.82) is 0 Å². The maximum atomic E-state index is 5.56. The quantitative estimate of drug-likeness (QED) is 0.825. The van der Waals surface area contributed by atoms with Crippen LogP contribution < -0.4 is 0 Å². The molecule has 2 aliphatic rings. The van der Waals surface area contributed by atoms with Gasteiger partial charge in [0.05, 0.1) is 26.4 Å². The molecule has 0 amide bonds. The Bertz CT molecular complexity index is 406. The van der Waals surface area contributed by atoms with E-state index in [1.165, 1.54) is 5.56 Å². The van der Waals surface area contributed by atoms with Crippen LogP contribution in [0.25, 0.3) is 0 Å². The lowest BCUT2D eigenvalue weighted by molar-refractivity contribution is -0.0473. The summed E-state index contributed by atoms with van der Waals surface area (Å²) < 4.78 is 22.2. The summed E-state index contributed by atoms with van der Waals surface area (Å²) in [6.45, 7) is 4.81. The normalized spacial score (nSPS) is 21.8. The van der Waals surface area contributed by atoms with Gasteiger partial charge >= 0.3 is 0 Å². The second-order valence-corrected chi connectivity index (χ2v) is 4.46. The first-order chi connectivity index (χ1) is 8.88. The molecule has 98 valence electrons. The summed E-state index contributed by atoms with van der Waals surface area (Å²) in [5.74, 6) is 0. The molecule has 1 aromatic rings. The van der Waals surface area contributed by atoms with Crippen LogP contribution >= 0.6 is 0 Å². The minimum Gasteiger partial charge on any atom is -0.346 e. The van der Waals surface area contributed by atoms with Crippen LogP contribution in [0.4, 0.5) is 0 Å². The standard InChI is InChI=1S/C14H18O4/c1-2-10-9-11(13-15-5-6-16-13)3-4-12(10)14-17-7-8-18-14/h3-4,9,13-14H,2,5-8H2,1H3. The second-order valence-electron chi connectivity index (χ2n) is 4.46. The molecule has 0 N–H and O–H groups in total. The van der Waals surface area contributed by atoms with Crippen molar-refractivity contribution in [1.82, 2.24) is 0 Å². The van der Waals surface area contributed by atoms with Gasteiger partial charge in [-0.3, -0.25) is 0 Å². The zero-order valence-corrected chi connectivity index (χ0v) is 10.6. The first kappa shape index (κ1) is 12.1. The third-order valence-electron chi connectivity index (χ3n) is 3.32. The van der Waals surface area contributed by atoms with Gasteiger partial charge in [-0.1, -0.05) is 25.1 Å². The third-order valence-corrected chi connectivity index (χ3v) is 3.32. The van der Waals surface area contributed by atoms with Crippen molar-refractivity contribution in [2.45, 2.75) is 25.9 Å². The molecule has 0 aromatic heterocycles. The van der Waals surface area contributed by atoms with E-state index in [4.69, 9.17) is 18.9 Å². The summed E-state index contributed by atoms with van der Waals surface area (Å²) in [6.07, 6.45) is 0.522. The highest BCUT2D eigenvalue weighted by Gasteiger charge is 2.23. The molecule has 2 heterocycles. The van der Waals surface area contributed by atoms with Crippen LogP contribution in [0.2, 0.25) is 0 Å². The van der Waals surface area contributed by atoms with E-state index in [2.05, 4.69) is 19.1 Å². The fraction of sp³-hybridized carbons (Fsp3) is 0.571. The minimum atomic E-state index is -0.213. The maximum absolute atomic E-state index is 5.56. The molecular formula is C14H18O4. The van der Waals surface area contributed by atoms with E-state index in [-0.39, 0.29) is 12.6 Å². The number of rotatable bonds is 3. The van der Waals surface area contributed by atoms with Crippen LogP contribution in [0.5, 0.6) is 0 Å². The van der Waals surface area contributed by atoms with Crippen molar-refractivity contribution >= 4 is 0 Å². The molecule has 0 atom stereocenters. The molecule has 0 radical (unpaired) electrons. The highest BCUT2D eigenvalue weighted by molar-refractivity contribution is 5.34. The molecule has 2 aliphatic heterocycles. The van der Waals surface area contributed by atoms with E-state index in [0.717, 1.165) is 17.5 Å². The van der Waals surface area contributed by atoms with Crippen LogP contribution in [0.3, 0.4) is 0 Å². The van der Waals surface area contributed by atoms with Crippen LogP contribution in [0, 0.1) is 0 Å². The van der Waals surface area contributed by atoms with E-state index in [1.54, 1.807) is 0 Å². The molecule has 18 heavy (non-hydrogen) atoms. The first-order valence-electron chi connectivity index (χ1n) is 6.47. The van der Waals surface area contributed by atoms with Crippen molar-refractivity contribution in [3.05, 3.63) is 34.9 Å². The fourth-order valence-electron chi connectivity index (χ4n) is 2.40. The monoisotopic (exact) mass is 250 g/mol. The predicted molar refractivity (Wildman–Crippen MR) is 65.1 cm³/mol. The van der Waals surface area contributed by atoms with E-state index < -0.39 is 0 Å². The predicted octanol–water partition coefficient (Wildman–Crippen LogP) is 2.34. The van der Waals surface area contributed by atoms with Gasteiger partial charge in [0.15, 0.2) is 12.6 Å². The smallest absolute Gasteiger partial charge is 0.184 e. The van der Waals surface area contributed by atoms with Crippen molar-refractivity contribution in [2.75, 3.05) is 26.4 Å². The largest absolute Gasteiger partial charge is 0.346 e.